The van der Waals surface area contributed by atoms with Crippen LogP contribution in [0.25, 0.3) is 4.85 Å². The fourth-order valence-corrected chi connectivity index (χ4v) is 6.31. The van der Waals surface area contributed by atoms with Crippen molar-refractivity contribution in [3.8, 4) is 0 Å². The molecule has 0 aromatic heterocycles. The quantitative estimate of drug-likeness (QED) is 0.477. The van der Waals surface area contributed by atoms with Crippen molar-refractivity contribution in [1.82, 2.24) is 15.1 Å². The van der Waals surface area contributed by atoms with Crippen molar-refractivity contribution in [2.45, 2.75) is 88.9 Å². The number of nitrogens with one attached hydrogen (secondary N) is 2. The summed E-state index contributed by atoms with van der Waals surface area (Å²) in [5, 5.41) is 5.02. The summed E-state index contributed by atoms with van der Waals surface area (Å²) in [6, 6.07) is 4.89. The van der Waals surface area contributed by atoms with Crippen LogP contribution in [0.4, 0.5) is 14.5 Å². The Morgan fingerprint density at radius 1 is 1.23 bits per heavy atom. The predicted molar refractivity (Wildman–Crippen MR) is 144 cm³/mol. The number of rotatable bonds is 8. The van der Waals surface area contributed by atoms with Gasteiger partial charge in [0, 0.05) is 25.2 Å². The van der Waals surface area contributed by atoms with E-state index in [1.807, 2.05) is 19.9 Å². The first-order valence-corrected chi connectivity index (χ1v) is 13.9. The van der Waals surface area contributed by atoms with Gasteiger partial charge in [0.15, 0.2) is 0 Å². The molecular weight excluding hydrogens is 520 g/mol. The largest absolute Gasteiger partial charge is 0.339 e. The number of hydrogen-bond acceptors (Lipinski definition) is 4. The molecule has 3 aliphatic rings. The van der Waals surface area contributed by atoms with Crippen LogP contribution in [-0.2, 0) is 24.6 Å². The number of likely N-dealkylation sites (N-methyl/N-ethyl adjacent to an activating group) is 1. The molecule has 1 saturated carbocycles. The number of alkyl halides is 2. The monoisotopic (exact) mass is 557 g/mol. The van der Waals surface area contributed by atoms with Crippen molar-refractivity contribution in [3.63, 3.8) is 0 Å². The molecule has 4 atom stereocenters. The number of para-hydroxylation sites is 1. The Bertz CT molecular complexity index is 1230. The van der Waals surface area contributed by atoms with Gasteiger partial charge in [0.25, 0.3) is 11.8 Å². The normalized spacial score (nSPS) is 24.0. The Labute approximate surface area is 233 Å². The first-order chi connectivity index (χ1) is 18.8. The molecule has 0 bridgehead atoms. The Hall–Kier alpha value is -3.55. The van der Waals surface area contributed by atoms with Crippen LogP contribution in [0.5, 0.6) is 0 Å². The average molecular weight is 558 g/mol. The van der Waals surface area contributed by atoms with Crippen LogP contribution in [0, 0.1) is 18.4 Å². The molecule has 2 heterocycles. The van der Waals surface area contributed by atoms with E-state index in [1.165, 1.54) is 23.8 Å². The zero-order valence-corrected chi connectivity index (χ0v) is 23.4. The van der Waals surface area contributed by atoms with Crippen LogP contribution in [0.3, 0.4) is 0 Å². The molecule has 1 aliphatic carbocycles. The Morgan fingerprint density at radius 3 is 2.50 bits per heavy atom. The lowest BCUT2D eigenvalue weighted by atomic mass is 9.80. The van der Waals surface area contributed by atoms with E-state index in [1.54, 1.807) is 18.2 Å². The van der Waals surface area contributed by atoms with Crippen molar-refractivity contribution in [1.29, 1.82) is 0 Å². The number of likely N-dealkylation sites (tertiary alicyclic amines) is 1. The highest BCUT2D eigenvalue weighted by atomic mass is 19.3. The maximum absolute atomic E-state index is 14.7. The second-order valence-electron chi connectivity index (χ2n) is 11.8. The maximum Gasteiger partial charge on any atom is 0.327 e. The van der Waals surface area contributed by atoms with E-state index >= 15 is 0 Å². The van der Waals surface area contributed by atoms with Crippen molar-refractivity contribution in [3.05, 3.63) is 41.2 Å². The second-order valence-corrected chi connectivity index (χ2v) is 11.8. The molecule has 2 aliphatic heterocycles. The number of fused-ring (bicyclic) bond motifs is 2. The van der Waals surface area contributed by atoms with E-state index in [2.05, 4.69) is 15.5 Å². The van der Waals surface area contributed by atoms with E-state index in [9.17, 15) is 28.0 Å². The molecule has 1 aromatic rings. The minimum absolute atomic E-state index is 0.0156. The second kappa shape index (κ2) is 11.1. The fraction of sp³-hybridized carbons (Fsp3) is 0.621. The lowest BCUT2D eigenvalue weighted by molar-refractivity contribution is -0.156. The molecule has 1 saturated heterocycles. The van der Waals surface area contributed by atoms with E-state index in [4.69, 9.17) is 6.57 Å². The average Bonchev–Trinajstić information content (AvgIpc) is 3.65. The summed E-state index contributed by atoms with van der Waals surface area (Å²) in [7, 11) is 1.40. The van der Waals surface area contributed by atoms with E-state index in [-0.39, 0.29) is 44.1 Å². The van der Waals surface area contributed by atoms with Crippen LogP contribution >= 0.6 is 0 Å². The number of nitrogens with zero attached hydrogens (tertiary/aromatic N) is 3. The van der Waals surface area contributed by atoms with Crippen molar-refractivity contribution in [2.24, 2.45) is 11.8 Å². The van der Waals surface area contributed by atoms with Gasteiger partial charge in [0.05, 0.1) is 6.42 Å². The molecule has 216 valence electrons. The summed E-state index contributed by atoms with van der Waals surface area (Å²) in [6.45, 7) is 12.8. The van der Waals surface area contributed by atoms with Gasteiger partial charge in [-0.1, -0.05) is 44.9 Å². The predicted octanol–water partition coefficient (Wildman–Crippen LogP) is 3.56. The minimum atomic E-state index is -3.58. The number of hydrogen-bond donors (Lipinski definition) is 2. The smallest absolute Gasteiger partial charge is 0.327 e. The summed E-state index contributed by atoms with van der Waals surface area (Å²) in [5.74, 6) is -7.60. The number of carbonyl (C=O) groups excluding carboxylic acids is 4. The fourth-order valence-electron chi connectivity index (χ4n) is 6.31. The lowest BCUT2D eigenvalue weighted by Crippen LogP contribution is -2.57. The van der Waals surface area contributed by atoms with Gasteiger partial charge >= 0.3 is 12.1 Å². The SMILES string of the molecule is [C-]#[N+][C@@H]1C[C@@]2(CN1C(=O)[C@H](CC(C)C)N(C)C(=O)[C@H](C)NC(=O)C(F)(F)C1CCCC1)C(=O)Nc1ccccc12. The molecule has 40 heavy (non-hydrogen) atoms. The topological polar surface area (TPSA) is 103 Å². The third-order valence-electron chi connectivity index (χ3n) is 8.57. The van der Waals surface area contributed by atoms with Gasteiger partial charge in [-0.3, -0.25) is 28.9 Å². The summed E-state index contributed by atoms with van der Waals surface area (Å²) in [5.41, 5.74) is 0.309. The molecule has 0 radical (unpaired) electrons. The lowest BCUT2D eigenvalue weighted by Gasteiger charge is -2.34. The van der Waals surface area contributed by atoms with E-state index in [0.717, 1.165) is 5.56 Å². The zero-order chi connectivity index (χ0) is 29.4. The first-order valence-electron chi connectivity index (χ1n) is 13.9. The zero-order valence-electron chi connectivity index (χ0n) is 23.4. The number of amides is 4. The minimum Gasteiger partial charge on any atom is -0.339 e. The number of benzene rings is 1. The number of carbonyl (C=O) groups is 4. The Morgan fingerprint density at radius 2 is 1.88 bits per heavy atom. The third-order valence-corrected chi connectivity index (χ3v) is 8.57. The molecule has 4 rings (SSSR count). The van der Waals surface area contributed by atoms with Crippen LogP contribution in [0.15, 0.2) is 24.3 Å². The van der Waals surface area contributed by atoms with Gasteiger partial charge in [-0.05, 0) is 43.7 Å². The van der Waals surface area contributed by atoms with Crippen molar-refractivity contribution < 1.29 is 28.0 Å². The van der Waals surface area contributed by atoms with Gasteiger partial charge in [-0.25, -0.2) is 6.57 Å². The number of anilines is 1. The van der Waals surface area contributed by atoms with Gasteiger partial charge in [0.2, 0.25) is 11.8 Å². The highest BCUT2D eigenvalue weighted by molar-refractivity contribution is 6.07. The standard InChI is InChI=1S/C29H37F2N5O4/c1-17(2)14-22(35(5)24(37)18(3)33-27(40)29(30,31)19-10-6-7-11-19)25(38)36-16-28(15-23(36)32-4)20-12-8-9-13-21(20)34-26(28)39/h8-9,12-13,17-19,22-23H,6-7,10-11,14-16H2,1-3,5H3,(H,33,40)(H,34,39)/t18-,22-,23-,28-/m0/s1. The summed E-state index contributed by atoms with van der Waals surface area (Å²) < 4.78 is 29.4. The van der Waals surface area contributed by atoms with Gasteiger partial charge in [-0.15, -0.1) is 0 Å². The molecule has 2 fully saturated rings. The van der Waals surface area contributed by atoms with Gasteiger partial charge in [-0.2, -0.15) is 8.78 Å². The van der Waals surface area contributed by atoms with Crippen LogP contribution in [-0.4, -0.2) is 71.2 Å². The van der Waals surface area contributed by atoms with Crippen LogP contribution < -0.4 is 10.6 Å². The van der Waals surface area contributed by atoms with Crippen LogP contribution in [0.1, 0.15) is 64.9 Å². The van der Waals surface area contributed by atoms with Crippen LogP contribution in [0.2, 0.25) is 0 Å². The Balaban J connectivity index is 1.53. The summed E-state index contributed by atoms with van der Waals surface area (Å²) in [4.78, 5) is 59.1. The summed E-state index contributed by atoms with van der Waals surface area (Å²) in [6.07, 6.45) is 1.26. The molecule has 1 spiro atoms. The van der Waals surface area contributed by atoms with E-state index < -0.39 is 53.2 Å². The molecule has 0 unspecified atom stereocenters. The molecule has 4 amide bonds. The highest BCUT2D eigenvalue weighted by Crippen LogP contribution is 2.47. The Kier molecular flexibility index (Phi) is 8.20. The van der Waals surface area contributed by atoms with Crippen molar-refractivity contribution >= 4 is 29.3 Å². The van der Waals surface area contributed by atoms with Crippen molar-refractivity contribution in [2.75, 3.05) is 18.9 Å². The molecule has 11 heteroatoms. The molecule has 1 aromatic carbocycles. The molecule has 2 N–H and O–H groups in total. The van der Waals surface area contributed by atoms with Gasteiger partial charge < -0.3 is 15.5 Å². The number of halogens is 2. The molecular formula is C29H37F2N5O4. The maximum atomic E-state index is 14.7. The summed E-state index contributed by atoms with van der Waals surface area (Å²) >= 11 is 0. The first kappa shape index (κ1) is 29.4. The van der Waals surface area contributed by atoms with Gasteiger partial charge in [0.1, 0.15) is 17.5 Å². The third kappa shape index (κ3) is 5.16. The highest BCUT2D eigenvalue weighted by Gasteiger charge is 2.59. The van der Waals surface area contributed by atoms with E-state index in [0.29, 0.717) is 18.5 Å². The molecule has 9 nitrogen and oxygen atoms in total.